The standard InChI is InChI=1S/C16H25NO2/c1-10-7-8-16(17)11(2)5-6-13(12(3)14(18)19)15(16,4)9-10/h9,11,13H,3,5-8,17H2,1-2,4H3,(H,18,19)/t11-,13?,15-,16-/m1/s1. The van der Waals surface area contributed by atoms with Crippen LogP contribution in [0.1, 0.15) is 46.5 Å². The molecule has 3 N–H and O–H groups in total. The lowest BCUT2D eigenvalue weighted by Gasteiger charge is -2.58. The Bertz CT molecular complexity index is 454. The van der Waals surface area contributed by atoms with Gasteiger partial charge in [-0.1, -0.05) is 32.1 Å². The van der Waals surface area contributed by atoms with Crippen molar-refractivity contribution in [3.63, 3.8) is 0 Å². The number of nitrogens with two attached hydrogens (primary N) is 1. The van der Waals surface area contributed by atoms with Gasteiger partial charge in [0.1, 0.15) is 0 Å². The molecule has 0 bridgehead atoms. The summed E-state index contributed by atoms with van der Waals surface area (Å²) in [6.45, 7) is 10.3. The van der Waals surface area contributed by atoms with Crippen LogP contribution in [0, 0.1) is 17.3 Å². The van der Waals surface area contributed by atoms with E-state index in [1.807, 2.05) is 0 Å². The molecule has 1 fully saturated rings. The smallest absolute Gasteiger partial charge is 0.331 e. The summed E-state index contributed by atoms with van der Waals surface area (Å²) in [6.07, 6.45) is 6.03. The van der Waals surface area contributed by atoms with E-state index in [4.69, 9.17) is 5.73 Å². The molecule has 3 nitrogen and oxygen atoms in total. The molecule has 2 aliphatic rings. The van der Waals surface area contributed by atoms with Crippen LogP contribution in [0.3, 0.4) is 0 Å². The van der Waals surface area contributed by atoms with Gasteiger partial charge in [-0.25, -0.2) is 4.79 Å². The minimum Gasteiger partial charge on any atom is -0.478 e. The maximum atomic E-state index is 11.3. The van der Waals surface area contributed by atoms with Gasteiger partial charge >= 0.3 is 5.97 Å². The van der Waals surface area contributed by atoms with Gasteiger partial charge in [0.15, 0.2) is 0 Å². The first kappa shape index (κ1) is 14.3. The molecular weight excluding hydrogens is 238 g/mol. The number of hydrogen-bond donors (Lipinski definition) is 2. The van der Waals surface area contributed by atoms with Crippen molar-refractivity contribution in [3.05, 3.63) is 23.8 Å². The Morgan fingerprint density at radius 3 is 2.74 bits per heavy atom. The molecule has 1 saturated carbocycles. The van der Waals surface area contributed by atoms with Gasteiger partial charge in [-0.05, 0) is 38.5 Å². The third-order valence-corrected chi connectivity index (χ3v) is 5.67. The minimum atomic E-state index is -0.889. The van der Waals surface area contributed by atoms with Crippen molar-refractivity contribution >= 4 is 5.97 Å². The SMILES string of the molecule is C=C(C(=O)O)C1CC[C@@H](C)[C@]2(N)CCC(C)=C[C@]12C. The Labute approximate surface area is 115 Å². The van der Waals surface area contributed by atoms with Gasteiger partial charge in [-0.15, -0.1) is 0 Å². The molecule has 0 aliphatic heterocycles. The lowest BCUT2D eigenvalue weighted by molar-refractivity contribution is -0.134. The molecule has 0 radical (unpaired) electrons. The Morgan fingerprint density at radius 2 is 2.16 bits per heavy atom. The predicted octanol–water partition coefficient (Wildman–Crippen LogP) is 3.12. The molecule has 0 aromatic heterocycles. The minimum absolute atomic E-state index is 0.0542. The lowest BCUT2D eigenvalue weighted by atomic mass is 9.48. The van der Waals surface area contributed by atoms with E-state index < -0.39 is 5.97 Å². The van der Waals surface area contributed by atoms with Crippen molar-refractivity contribution in [1.29, 1.82) is 0 Å². The van der Waals surface area contributed by atoms with E-state index in [-0.39, 0.29) is 16.9 Å². The van der Waals surface area contributed by atoms with E-state index in [0.29, 0.717) is 11.5 Å². The van der Waals surface area contributed by atoms with Crippen molar-refractivity contribution < 1.29 is 9.90 Å². The number of carbonyl (C=O) groups is 1. The van der Waals surface area contributed by atoms with Gasteiger partial charge in [-0.3, -0.25) is 0 Å². The van der Waals surface area contributed by atoms with Crippen LogP contribution in [0.4, 0.5) is 0 Å². The molecule has 2 rings (SSSR count). The first-order chi connectivity index (χ1) is 8.72. The van der Waals surface area contributed by atoms with Crippen LogP contribution < -0.4 is 5.73 Å². The number of aliphatic carboxylic acids is 1. The fourth-order valence-corrected chi connectivity index (χ4v) is 4.25. The fourth-order valence-electron chi connectivity index (χ4n) is 4.25. The van der Waals surface area contributed by atoms with E-state index >= 15 is 0 Å². The summed E-state index contributed by atoms with van der Waals surface area (Å²) >= 11 is 0. The van der Waals surface area contributed by atoms with E-state index in [0.717, 1.165) is 25.7 Å². The highest BCUT2D eigenvalue weighted by molar-refractivity contribution is 5.86. The Morgan fingerprint density at radius 1 is 1.53 bits per heavy atom. The van der Waals surface area contributed by atoms with Crippen molar-refractivity contribution in [2.45, 2.75) is 52.0 Å². The van der Waals surface area contributed by atoms with Gasteiger partial charge in [-0.2, -0.15) is 0 Å². The van der Waals surface area contributed by atoms with Crippen LogP contribution in [-0.2, 0) is 4.79 Å². The Kier molecular flexibility index (Phi) is 3.38. The van der Waals surface area contributed by atoms with Gasteiger partial charge in [0.05, 0.1) is 0 Å². The fraction of sp³-hybridized carbons (Fsp3) is 0.688. The van der Waals surface area contributed by atoms with Gasteiger partial charge < -0.3 is 10.8 Å². The number of carboxylic acids is 1. The van der Waals surface area contributed by atoms with E-state index in [1.165, 1.54) is 5.57 Å². The highest BCUT2D eigenvalue weighted by atomic mass is 16.4. The number of carboxylic acid groups (broad SMARTS) is 1. The van der Waals surface area contributed by atoms with E-state index in [1.54, 1.807) is 0 Å². The molecule has 0 spiro atoms. The largest absolute Gasteiger partial charge is 0.478 e. The van der Waals surface area contributed by atoms with Gasteiger partial charge in [0, 0.05) is 22.4 Å². The summed E-state index contributed by atoms with van der Waals surface area (Å²) in [5.74, 6) is -0.527. The van der Waals surface area contributed by atoms with Crippen LogP contribution in [0.2, 0.25) is 0 Å². The monoisotopic (exact) mass is 263 g/mol. The highest BCUT2D eigenvalue weighted by Gasteiger charge is 2.56. The molecule has 0 amide bonds. The zero-order valence-electron chi connectivity index (χ0n) is 12.2. The summed E-state index contributed by atoms with van der Waals surface area (Å²) in [4.78, 5) is 11.3. The average molecular weight is 263 g/mol. The summed E-state index contributed by atoms with van der Waals surface area (Å²) in [5.41, 5.74) is 7.79. The molecule has 0 saturated heterocycles. The third-order valence-electron chi connectivity index (χ3n) is 5.67. The zero-order valence-corrected chi connectivity index (χ0v) is 12.2. The van der Waals surface area contributed by atoms with Crippen LogP contribution in [0.25, 0.3) is 0 Å². The first-order valence-corrected chi connectivity index (χ1v) is 7.11. The third kappa shape index (κ3) is 1.95. The normalized spacial score (nSPS) is 42.2. The maximum Gasteiger partial charge on any atom is 0.331 e. The molecule has 19 heavy (non-hydrogen) atoms. The van der Waals surface area contributed by atoms with Crippen LogP contribution in [0.15, 0.2) is 23.8 Å². The van der Waals surface area contributed by atoms with Crippen LogP contribution >= 0.6 is 0 Å². The second-order valence-electron chi connectivity index (χ2n) is 6.68. The highest BCUT2D eigenvalue weighted by Crippen LogP contribution is 2.57. The molecule has 4 atom stereocenters. The van der Waals surface area contributed by atoms with E-state index in [9.17, 15) is 9.90 Å². The quantitative estimate of drug-likeness (QED) is 0.594. The topological polar surface area (TPSA) is 63.3 Å². The maximum absolute atomic E-state index is 11.3. The van der Waals surface area contributed by atoms with Crippen LogP contribution in [-0.4, -0.2) is 16.6 Å². The molecule has 0 heterocycles. The molecular formula is C16H25NO2. The number of rotatable bonds is 2. The zero-order chi connectivity index (χ0) is 14.4. The van der Waals surface area contributed by atoms with Crippen molar-refractivity contribution in [2.24, 2.45) is 23.0 Å². The second kappa shape index (κ2) is 4.48. The molecule has 0 aromatic rings. The van der Waals surface area contributed by atoms with Gasteiger partial charge in [0.2, 0.25) is 0 Å². The van der Waals surface area contributed by atoms with Crippen molar-refractivity contribution in [1.82, 2.24) is 0 Å². The second-order valence-corrected chi connectivity index (χ2v) is 6.68. The average Bonchev–Trinajstić information content (AvgIpc) is 2.32. The predicted molar refractivity (Wildman–Crippen MR) is 76.7 cm³/mol. The van der Waals surface area contributed by atoms with Crippen molar-refractivity contribution in [3.8, 4) is 0 Å². The van der Waals surface area contributed by atoms with Crippen molar-refractivity contribution in [2.75, 3.05) is 0 Å². The molecule has 3 heteroatoms. The summed E-state index contributed by atoms with van der Waals surface area (Å²) < 4.78 is 0. The number of fused-ring (bicyclic) bond motifs is 1. The summed E-state index contributed by atoms with van der Waals surface area (Å²) in [5, 5.41) is 9.29. The summed E-state index contributed by atoms with van der Waals surface area (Å²) in [7, 11) is 0. The molecule has 1 unspecified atom stereocenters. The molecule has 0 aromatic carbocycles. The first-order valence-electron chi connectivity index (χ1n) is 7.11. The van der Waals surface area contributed by atoms with E-state index in [2.05, 4.69) is 33.4 Å². The lowest BCUT2D eigenvalue weighted by Crippen LogP contribution is -2.64. The molecule has 2 aliphatic carbocycles. The number of hydrogen-bond acceptors (Lipinski definition) is 2. The van der Waals surface area contributed by atoms with Gasteiger partial charge in [0.25, 0.3) is 0 Å². The number of allylic oxidation sites excluding steroid dienone is 1. The summed E-state index contributed by atoms with van der Waals surface area (Å²) in [6, 6.07) is 0. The Hall–Kier alpha value is -1.09. The Balaban J connectivity index is 2.51. The molecule has 106 valence electrons. The van der Waals surface area contributed by atoms with Crippen LogP contribution in [0.5, 0.6) is 0 Å².